The van der Waals surface area contributed by atoms with Gasteiger partial charge in [-0.2, -0.15) is 0 Å². The van der Waals surface area contributed by atoms with E-state index in [4.69, 9.17) is 14.6 Å². The lowest BCUT2D eigenvalue weighted by atomic mass is 9.94. The van der Waals surface area contributed by atoms with Crippen LogP contribution in [0.5, 0.6) is 11.5 Å². The summed E-state index contributed by atoms with van der Waals surface area (Å²) in [5.74, 6) is 1.25. The fourth-order valence-electron chi connectivity index (χ4n) is 4.57. The van der Waals surface area contributed by atoms with E-state index in [1.165, 1.54) is 0 Å². The molecule has 2 aliphatic rings. The summed E-state index contributed by atoms with van der Waals surface area (Å²) in [6, 6.07) is 19.1. The van der Waals surface area contributed by atoms with Gasteiger partial charge < -0.3 is 25.2 Å². The monoisotopic (exact) mass is 486 g/mol. The van der Waals surface area contributed by atoms with Crippen LogP contribution in [0.4, 0.5) is 5.69 Å². The van der Waals surface area contributed by atoms with Gasteiger partial charge in [0, 0.05) is 24.4 Å². The number of hydrogen-bond donors (Lipinski definition) is 3. The van der Waals surface area contributed by atoms with Gasteiger partial charge in [0.05, 0.1) is 5.41 Å². The van der Waals surface area contributed by atoms with Crippen molar-refractivity contribution in [2.75, 3.05) is 25.3 Å². The van der Waals surface area contributed by atoms with Crippen molar-refractivity contribution >= 4 is 17.5 Å². The SMILES string of the molecule is Cc1ccc(NC(=O)C2(c3ccc4c(c3)OCO4)CC2)cc1-c1ccc(C(=O)NCCCCO)cc1. The third-order valence-corrected chi connectivity index (χ3v) is 6.93. The quantitative estimate of drug-likeness (QED) is 0.385. The van der Waals surface area contributed by atoms with E-state index in [2.05, 4.69) is 10.6 Å². The number of rotatable bonds is 9. The fourth-order valence-corrected chi connectivity index (χ4v) is 4.57. The number of anilines is 1. The molecule has 0 radical (unpaired) electrons. The zero-order valence-electron chi connectivity index (χ0n) is 20.3. The van der Waals surface area contributed by atoms with Gasteiger partial charge in [-0.05, 0) is 91.3 Å². The molecule has 1 saturated carbocycles. The van der Waals surface area contributed by atoms with Crippen LogP contribution < -0.4 is 20.1 Å². The molecule has 3 aromatic rings. The summed E-state index contributed by atoms with van der Waals surface area (Å²) in [4.78, 5) is 25.7. The minimum Gasteiger partial charge on any atom is -0.454 e. The average Bonchev–Trinajstić information content (AvgIpc) is 3.58. The molecule has 0 spiro atoms. The van der Waals surface area contributed by atoms with Crippen molar-refractivity contribution in [1.82, 2.24) is 5.32 Å². The van der Waals surface area contributed by atoms with E-state index in [1.807, 2.05) is 55.5 Å². The summed E-state index contributed by atoms with van der Waals surface area (Å²) in [6.07, 6.45) is 3.00. The van der Waals surface area contributed by atoms with Crippen LogP contribution in [-0.4, -0.2) is 36.9 Å². The van der Waals surface area contributed by atoms with Crippen molar-refractivity contribution in [2.45, 2.75) is 38.0 Å². The standard InChI is InChI=1S/C29H30N2O5/c1-19-4-10-23(17-24(19)20-5-7-21(8-6-20)27(33)30-14-2-3-15-32)31-28(34)29(12-13-29)22-9-11-25-26(16-22)36-18-35-25/h4-11,16-17,32H,2-3,12-15,18H2,1H3,(H,30,33)(H,31,34). The number of hydrogen-bond acceptors (Lipinski definition) is 5. The molecule has 186 valence electrons. The molecule has 0 aromatic heterocycles. The predicted molar refractivity (Wildman–Crippen MR) is 137 cm³/mol. The van der Waals surface area contributed by atoms with Crippen LogP contribution in [0.1, 0.15) is 47.2 Å². The lowest BCUT2D eigenvalue weighted by Gasteiger charge is -2.17. The third-order valence-electron chi connectivity index (χ3n) is 6.93. The predicted octanol–water partition coefficient (Wildman–Crippen LogP) is 4.56. The van der Waals surface area contributed by atoms with Gasteiger partial charge in [-0.1, -0.05) is 24.3 Å². The molecule has 1 aliphatic heterocycles. The molecule has 1 fully saturated rings. The number of carbonyl (C=O) groups is 2. The number of nitrogens with one attached hydrogen (secondary N) is 2. The summed E-state index contributed by atoms with van der Waals surface area (Å²) < 4.78 is 10.9. The molecule has 0 atom stereocenters. The Morgan fingerprint density at radius 3 is 2.47 bits per heavy atom. The highest BCUT2D eigenvalue weighted by Crippen LogP contribution is 2.51. The Bertz CT molecular complexity index is 1280. The molecule has 1 aliphatic carbocycles. The lowest BCUT2D eigenvalue weighted by molar-refractivity contribution is -0.118. The van der Waals surface area contributed by atoms with E-state index >= 15 is 0 Å². The van der Waals surface area contributed by atoms with Crippen LogP contribution in [0.25, 0.3) is 11.1 Å². The van der Waals surface area contributed by atoms with Gasteiger partial charge in [0.2, 0.25) is 12.7 Å². The highest BCUT2D eigenvalue weighted by atomic mass is 16.7. The molecule has 1 heterocycles. The van der Waals surface area contributed by atoms with Gasteiger partial charge in [0.1, 0.15) is 0 Å². The Morgan fingerprint density at radius 2 is 1.72 bits per heavy atom. The van der Waals surface area contributed by atoms with Crippen molar-refractivity contribution < 1.29 is 24.2 Å². The second kappa shape index (κ2) is 10.0. The number of aliphatic hydroxyl groups is 1. The number of unbranched alkanes of at least 4 members (excludes halogenated alkanes) is 1. The van der Waals surface area contributed by atoms with Crippen molar-refractivity contribution in [3.05, 3.63) is 77.4 Å². The number of ether oxygens (including phenoxy) is 2. The van der Waals surface area contributed by atoms with Gasteiger partial charge in [0.15, 0.2) is 11.5 Å². The van der Waals surface area contributed by atoms with Gasteiger partial charge in [-0.25, -0.2) is 0 Å². The van der Waals surface area contributed by atoms with Gasteiger partial charge in [-0.3, -0.25) is 9.59 Å². The van der Waals surface area contributed by atoms with Gasteiger partial charge in [-0.15, -0.1) is 0 Å². The van der Waals surface area contributed by atoms with Crippen molar-refractivity contribution in [1.29, 1.82) is 0 Å². The van der Waals surface area contributed by atoms with E-state index in [1.54, 1.807) is 12.1 Å². The van der Waals surface area contributed by atoms with Crippen LogP contribution in [-0.2, 0) is 10.2 Å². The highest BCUT2D eigenvalue weighted by molar-refractivity contribution is 6.02. The number of amides is 2. The van der Waals surface area contributed by atoms with Crippen LogP contribution >= 0.6 is 0 Å². The van der Waals surface area contributed by atoms with Crippen molar-refractivity contribution in [3.8, 4) is 22.6 Å². The molecular weight excluding hydrogens is 456 g/mol. The van der Waals surface area contributed by atoms with E-state index in [-0.39, 0.29) is 25.2 Å². The zero-order valence-corrected chi connectivity index (χ0v) is 20.3. The molecule has 5 rings (SSSR count). The van der Waals surface area contributed by atoms with E-state index < -0.39 is 5.41 Å². The topological polar surface area (TPSA) is 96.9 Å². The second-order valence-corrected chi connectivity index (χ2v) is 9.40. The van der Waals surface area contributed by atoms with Crippen LogP contribution in [0.2, 0.25) is 0 Å². The maximum atomic E-state index is 13.3. The van der Waals surface area contributed by atoms with E-state index in [0.717, 1.165) is 47.2 Å². The number of fused-ring (bicyclic) bond motifs is 1. The van der Waals surface area contributed by atoms with Crippen molar-refractivity contribution in [2.24, 2.45) is 0 Å². The molecule has 0 unspecified atom stereocenters. The normalized spacial score (nSPS) is 14.8. The molecule has 3 aromatic carbocycles. The lowest BCUT2D eigenvalue weighted by Crippen LogP contribution is -2.27. The Morgan fingerprint density at radius 1 is 0.944 bits per heavy atom. The molecular formula is C29H30N2O5. The molecule has 2 amide bonds. The highest BCUT2D eigenvalue weighted by Gasteiger charge is 2.51. The Hall–Kier alpha value is -3.84. The van der Waals surface area contributed by atoms with Gasteiger partial charge >= 0.3 is 0 Å². The fraction of sp³-hybridized carbons (Fsp3) is 0.310. The van der Waals surface area contributed by atoms with Crippen LogP contribution in [0.15, 0.2) is 60.7 Å². The number of aliphatic hydroxyl groups excluding tert-OH is 1. The first-order valence-corrected chi connectivity index (χ1v) is 12.3. The van der Waals surface area contributed by atoms with E-state index in [0.29, 0.717) is 30.0 Å². The number of aryl methyl sites for hydroxylation is 1. The first-order valence-electron chi connectivity index (χ1n) is 12.3. The first-order chi connectivity index (χ1) is 17.5. The van der Waals surface area contributed by atoms with E-state index in [9.17, 15) is 9.59 Å². The summed E-state index contributed by atoms with van der Waals surface area (Å²) in [5.41, 5.74) is 4.77. The maximum absolute atomic E-state index is 13.3. The second-order valence-electron chi connectivity index (χ2n) is 9.40. The average molecular weight is 487 g/mol. The molecule has 7 nitrogen and oxygen atoms in total. The molecule has 7 heteroatoms. The minimum atomic E-state index is -0.543. The Kier molecular flexibility index (Phi) is 6.65. The summed E-state index contributed by atoms with van der Waals surface area (Å²) >= 11 is 0. The molecule has 36 heavy (non-hydrogen) atoms. The summed E-state index contributed by atoms with van der Waals surface area (Å²) in [6.45, 7) is 2.90. The largest absolute Gasteiger partial charge is 0.454 e. The molecule has 0 saturated heterocycles. The number of benzene rings is 3. The third kappa shape index (κ3) is 4.79. The maximum Gasteiger partial charge on any atom is 0.251 e. The van der Waals surface area contributed by atoms with Gasteiger partial charge in [0.25, 0.3) is 5.91 Å². The molecule has 3 N–H and O–H groups in total. The smallest absolute Gasteiger partial charge is 0.251 e. The summed E-state index contributed by atoms with van der Waals surface area (Å²) in [7, 11) is 0. The van der Waals surface area contributed by atoms with Crippen molar-refractivity contribution in [3.63, 3.8) is 0 Å². The summed E-state index contributed by atoms with van der Waals surface area (Å²) in [5, 5.41) is 14.8. The van der Waals surface area contributed by atoms with Crippen LogP contribution in [0.3, 0.4) is 0 Å². The van der Waals surface area contributed by atoms with Crippen LogP contribution in [0, 0.1) is 6.92 Å². The Labute approximate surface area is 210 Å². The Balaban J connectivity index is 1.29. The zero-order chi connectivity index (χ0) is 25.1. The molecule has 0 bridgehead atoms. The first kappa shape index (κ1) is 23.9. The minimum absolute atomic E-state index is 0.0237. The number of carbonyl (C=O) groups excluding carboxylic acids is 2.